The van der Waals surface area contributed by atoms with Gasteiger partial charge in [-0.3, -0.25) is 9.59 Å². The Bertz CT molecular complexity index is 1650. The molecule has 5 aromatic rings. The fourth-order valence-electron chi connectivity index (χ4n) is 3.92. The van der Waals surface area contributed by atoms with Crippen LogP contribution in [-0.4, -0.2) is 32.7 Å². The Hall–Kier alpha value is -4.79. The van der Waals surface area contributed by atoms with E-state index >= 15 is 0 Å². The molecule has 180 valence electrons. The number of nitrogens with one attached hydrogen (secondary N) is 1. The number of hydrogen-bond donors (Lipinski definition) is 1. The summed E-state index contributed by atoms with van der Waals surface area (Å²) in [6.07, 6.45) is 1.54. The molecule has 9 heteroatoms. The highest BCUT2D eigenvalue weighted by atomic mass is 16.5. The Balaban J connectivity index is 1.54. The molecule has 9 nitrogen and oxygen atoms in total. The van der Waals surface area contributed by atoms with Gasteiger partial charge in [0.15, 0.2) is 0 Å². The molecule has 0 radical (unpaired) electrons. The second kappa shape index (κ2) is 9.46. The summed E-state index contributed by atoms with van der Waals surface area (Å²) in [5.41, 5.74) is 3.42. The maximum absolute atomic E-state index is 13.3. The SMILES string of the molecule is COc1cccc(NC(=O)Cn2cc(-c3nc(-c4cccc(C)c4)no3)c(=O)c3ccc(C)nc32)c1. The summed E-state index contributed by atoms with van der Waals surface area (Å²) in [6.45, 7) is 3.71. The second-order valence-corrected chi connectivity index (χ2v) is 8.40. The number of ether oxygens (including phenoxy) is 1. The topological polar surface area (TPSA) is 112 Å². The van der Waals surface area contributed by atoms with E-state index < -0.39 is 0 Å². The minimum absolute atomic E-state index is 0.0703. The Labute approximate surface area is 206 Å². The van der Waals surface area contributed by atoms with Crippen LogP contribution in [0.4, 0.5) is 5.69 Å². The third-order valence-corrected chi connectivity index (χ3v) is 5.66. The van der Waals surface area contributed by atoms with Crippen LogP contribution in [0.3, 0.4) is 0 Å². The van der Waals surface area contributed by atoms with E-state index in [1.807, 2.05) is 38.1 Å². The number of amides is 1. The van der Waals surface area contributed by atoms with Crippen molar-refractivity contribution in [2.24, 2.45) is 0 Å². The highest BCUT2D eigenvalue weighted by molar-refractivity contribution is 5.92. The van der Waals surface area contributed by atoms with E-state index in [9.17, 15) is 9.59 Å². The van der Waals surface area contributed by atoms with Gasteiger partial charge in [-0.1, -0.05) is 35.0 Å². The zero-order valence-corrected chi connectivity index (χ0v) is 20.0. The van der Waals surface area contributed by atoms with Crippen LogP contribution in [0, 0.1) is 13.8 Å². The fourth-order valence-corrected chi connectivity index (χ4v) is 3.92. The molecule has 5 rings (SSSR count). The van der Waals surface area contributed by atoms with E-state index in [0.717, 1.165) is 16.8 Å². The van der Waals surface area contributed by atoms with Crippen molar-refractivity contribution in [2.45, 2.75) is 20.4 Å². The molecule has 0 atom stereocenters. The minimum Gasteiger partial charge on any atom is -0.497 e. The predicted octanol–water partition coefficient (Wildman–Crippen LogP) is 4.38. The molecule has 1 N–H and O–H groups in total. The smallest absolute Gasteiger partial charge is 0.263 e. The van der Waals surface area contributed by atoms with E-state index in [1.165, 1.54) is 6.20 Å². The lowest BCUT2D eigenvalue weighted by atomic mass is 10.1. The molecule has 2 aromatic carbocycles. The third-order valence-electron chi connectivity index (χ3n) is 5.66. The van der Waals surface area contributed by atoms with Crippen LogP contribution in [0.15, 0.2) is 76.2 Å². The van der Waals surface area contributed by atoms with Crippen molar-refractivity contribution in [3.8, 4) is 28.6 Å². The highest BCUT2D eigenvalue weighted by Gasteiger charge is 2.19. The molecule has 0 aliphatic carbocycles. The maximum atomic E-state index is 13.3. The van der Waals surface area contributed by atoms with Gasteiger partial charge in [-0.25, -0.2) is 4.98 Å². The summed E-state index contributed by atoms with van der Waals surface area (Å²) in [4.78, 5) is 35.3. The van der Waals surface area contributed by atoms with Crippen LogP contribution in [0.25, 0.3) is 33.9 Å². The number of hydrogen-bond acceptors (Lipinski definition) is 7. The number of benzene rings is 2. The van der Waals surface area contributed by atoms with Crippen molar-refractivity contribution in [1.82, 2.24) is 19.7 Å². The Kier molecular flexibility index (Phi) is 6.03. The van der Waals surface area contributed by atoms with E-state index in [-0.39, 0.29) is 29.3 Å². The summed E-state index contributed by atoms with van der Waals surface area (Å²) in [5.74, 6) is 0.772. The van der Waals surface area contributed by atoms with Crippen molar-refractivity contribution >= 4 is 22.6 Å². The number of rotatable bonds is 6. The van der Waals surface area contributed by atoms with Gasteiger partial charge in [-0.15, -0.1) is 0 Å². The molecular formula is C27H23N5O4. The number of aromatic nitrogens is 4. The molecular weight excluding hydrogens is 458 g/mol. The van der Waals surface area contributed by atoms with Crippen molar-refractivity contribution in [3.63, 3.8) is 0 Å². The first-order chi connectivity index (χ1) is 17.4. The molecule has 0 saturated heterocycles. The van der Waals surface area contributed by atoms with Crippen LogP contribution in [0.5, 0.6) is 5.75 Å². The number of carbonyl (C=O) groups is 1. The quantitative estimate of drug-likeness (QED) is 0.383. The standard InChI is InChI=1S/C27H23N5O4/c1-16-6-4-7-18(12-16)25-30-27(36-31-25)22-14-32(26-21(24(22)34)11-10-17(2)28-26)15-23(33)29-19-8-5-9-20(13-19)35-3/h4-14H,15H2,1-3H3,(H,29,33). The Morgan fingerprint density at radius 3 is 2.69 bits per heavy atom. The number of pyridine rings is 2. The normalized spacial score (nSPS) is 11.0. The Morgan fingerprint density at radius 2 is 1.89 bits per heavy atom. The number of nitrogens with zero attached hydrogens (tertiary/aromatic N) is 4. The largest absolute Gasteiger partial charge is 0.497 e. The first-order valence-electron chi connectivity index (χ1n) is 11.3. The second-order valence-electron chi connectivity index (χ2n) is 8.40. The first-order valence-corrected chi connectivity index (χ1v) is 11.3. The van der Waals surface area contributed by atoms with E-state index in [0.29, 0.717) is 28.3 Å². The zero-order valence-electron chi connectivity index (χ0n) is 20.0. The molecule has 0 unspecified atom stereocenters. The summed E-state index contributed by atoms with van der Waals surface area (Å²) in [5, 5.41) is 7.26. The summed E-state index contributed by atoms with van der Waals surface area (Å²) < 4.78 is 12.3. The summed E-state index contributed by atoms with van der Waals surface area (Å²) in [6, 6.07) is 18.2. The molecule has 0 bridgehead atoms. The number of fused-ring (bicyclic) bond motifs is 1. The van der Waals surface area contributed by atoms with Gasteiger partial charge in [0.2, 0.25) is 17.2 Å². The molecule has 3 heterocycles. The molecule has 0 spiro atoms. The van der Waals surface area contributed by atoms with Crippen molar-refractivity contribution < 1.29 is 14.1 Å². The van der Waals surface area contributed by atoms with Gasteiger partial charge >= 0.3 is 0 Å². The first kappa shape index (κ1) is 23.0. The van der Waals surface area contributed by atoms with Crippen LogP contribution in [-0.2, 0) is 11.3 Å². The van der Waals surface area contributed by atoms with E-state index in [1.54, 1.807) is 48.1 Å². The van der Waals surface area contributed by atoms with Gasteiger partial charge in [-0.2, -0.15) is 4.98 Å². The van der Waals surface area contributed by atoms with Gasteiger partial charge in [0, 0.05) is 29.2 Å². The monoisotopic (exact) mass is 481 g/mol. The molecule has 1 amide bonds. The van der Waals surface area contributed by atoms with Gasteiger partial charge in [0.1, 0.15) is 23.5 Å². The number of anilines is 1. The average Bonchev–Trinajstić information content (AvgIpc) is 3.36. The van der Waals surface area contributed by atoms with Crippen LogP contribution < -0.4 is 15.5 Å². The van der Waals surface area contributed by atoms with Crippen LogP contribution in [0.2, 0.25) is 0 Å². The summed E-state index contributed by atoms with van der Waals surface area (Å²) in [7, 11) is 1.56. The van der Waals surface area contributed by atoms with Gasteiger partial charge in [-0.05, 0) is 44.2 Å². The van der Waals surface area contributed by atoms with Crippen molar-refractivity contribution in [3.05, 3.63) is 88.3 Å². The highest BCUT2D eigenvalue weighted by Crippen LogP contribution is 2.23. The van der Waals surface area contributed by atoms with Gasteiger partial charge in [0.05, 0.1) is 12.5 Å². The molecule has 3 aromatic heterocycles. The Morgan fingerprint density at radius 1 is 1.06 bits per heavy atom. The van der Waals surface area contributed by atoms with Crippen molar-refractivity contribution in [2.75, 3.05) is 12.4 Å². The molecule has 0 fully saturated rings. The lowest BCUT2D eigenvalue weighted by Crippen LogP contribution is -2.22. The average molecular weight is 482 g/mol. The molecule has 36 heavy (non-hydrogen) atoms. The van der Waals surface area contributed by atoms with Crippen LogP contribution >= 0.6 is 0 Å². The van der Waals surface area contributed by atoms with Gasteiger partial charge in [0.25, 0.3) is 5.89 Å². The molecule has 0 aliphatic rings. The third kappa shape index (κ3) is 4.58. The van der Waals surface area contributed by atoms with Crippen LogP contribution in [0.1, 0.15) is 11.3 Å². The van der Waals surface area contributed by atoms with E-state index in [2.05, 4.69) is 20.4 Å². The lowest BCUT2D eigenvalue weighted by Gasteiger charge is -2.13. The molecule has 0 aliphatic heterocycles. The zero-order chi connectivity index (χ0) is 25.2. The predicted molar refractivity (Wildman–Crippen MR) is 136 cm³/mol. The molecule has 0 saturated carbocycles. The fraction of sp³-hybridized carbons (Fsp3) is 0.148. The maximum Gasteiger partial charge on any atom is 0.263 e. The van der Waals surface area contributed by atoms with Crippen molar-refractivity contribution in [1.29, 1.82) is 0 Å². The van der Waals surface area contributed by atoms with E-state index in [4.69, 9.17) is 9.26 Å². The summed E-state index contributed by atoms with van der Waals surface area (Å²) >= 11 is 0. The lowest BCUT2D eigenvalue weighted by molar-refractivity contribution is -0.116. The number of methoxy groups -OCH3 is 1. The minimum atomic E-state index is -0.304. The number of aryl methyl sites for hydroxylation is 2. The number of carbonyl (C=O) groups excluding carboxylic acids is 1. The van der Waals surface area contributed by atoms with Gasteiger partial charge < -0.3 is 19.1 Å².